The van der Waals surface area contributed by atoms with Gasteiger partial charge in [-0.25, -0.2) is 9.48 Å². The van der Waals surface area contributed by atoms with E-state index in [0.717, 1.165) is 27.8 Å². The van der Waals surface area contributed by atoms with Crippen molar-refractivity contribution in [2.75, 3.05) is 25.3 Å². The Hall–Kier alpha value is -2.98. The summed E-state index contributed by atoms with van der Waals surface area (Å²) in [6.07, 6.45) is 1.01. The second-order valence-corrected chi connectivity index (χ2v) is 9.88. The monoisotopic (exact) mass is 558 g/mol. The van der Waals surface area contributed by atoms with E-state index in [9.17, 15) is 4.79 Å². The van der Waals surface area contributed by atoms with E-state index >= 15 is 0 Å². The first-order valence-electron chi connectivity index (χ1n) is 11.2. The van der Waals surface area contributed by atoms with Gasteiger partial charge in [0.2, 0.25) is 11.1 Å². The molecule has 2 heterocycles. The number of methoxy groups -OCH3 is 2. The number of halogens is 1. The Kier molecular flexibility index (Phi) is 8.02. The zero-order valence-corrected chi connectivity index (χ0v) is 22.4. The minimum atomic E-state index is -0.532. The minimum absolute atomic E-state index is 0.389. The maximum Gasteiger partial charge on any atom is 0.338 e. The van der Waals surface area contributed by atoms with Gasteiger partial charge in [-0.1, -0.05) is 52.8 Å². The third-order valence-electron chi connectivity index (χ3n) is 5.46. The summed E-state index contributed by atoms with van der Waals surface area (Å²) in [6, 6.07) is 13.0. The van der Waals surface area contributed by atoms with Crippen molar-refractivity contribution < 1.29 is 19.0 Å². The van der Waals surface area contributed by atoms with Gasteiger partial charge in [-0.2, -0.15) is 4.98 Å². The van der Waals surface area contributed by atoms with Gasteiger partial charge in [0.25, 0.3) is 0 Å². The van der Waals surface area contributed by atoms with Gasteiger partial charge in [0, 0.05) is 15.9 Å². The van der Waals surface area contributed by atoms with Crippen LogP contribution in [0.5, 0.6) is 11.5 Å². The van der Waals surface area contributed by atoms with E-state index in [0.29, 0.717) is 40.5 Å². The highest BCUT2D eigenvalue weighted by Crippen LogP contribution is 2.40. The molecule has 0 aliphatic carbocycles. The molecule has 0 bridgehead atoms. The fourth-order valence-corrected chi connectivity index (χ4v) is 4.96. The first kappa shape index (κ1) is 25.1. The van der Waals surface area contributed by atoms with E-state index in [1.165, 1.54) is 7.11 Å². The quantitative estimate of drug-likeness (QED) is 0.268. The molecular weight excluding hydrogens is 532 g/mol. The third-order valence-corrected chi connectivity index (χ3v) is 7.00. The fourth-order valence-electron chi connectivity index (χ4n) is 3.83. The molecule has 0 saturated heterocycles. The second-order valence-electron chi connectivity index (χ2n) is 7.90. The average molecular weight is 559 g/mol. The highest BCUT2D eigenvalue weighted by atomic mass is 79.9. The topological polar surface area (TPSA) is 87.5 Å². The number of hydrogen-bond acceptors (Lipinski definition) is 8. The summed E-state index contributed by atoms with van der Waals surface area (Å²) in [6.45, 7) is 4.33. The Balaban J connectivity index is 1.70. The molecular formula is C25H27BrN4O4S. The summed E-state index contributed by atoms with van der Waals surface area (Å²) in [5, 5.41) is 8.55. The number of rotatable bonds is 9. The van der Waals surface area contributed by atoms with E-state index in [1.54, 1.807) is 23.6 Å². The number of nitrogens with one attached hydrogen (secondary N) is 1. The van der Waals surface area contributed by atoms with Crippen molar-refractivity contribution in [2.24, 2.45) is 0 Å². The number of thioether (sulfide) groups is 1. The van der Waals surface area contributed by atoms with Crippen molar-refractivity contribution in [1.82, 2.24) is 14.8 Å². The highest BCUT2D eigenvalue weighted by molar-refractivity contribution is 9.10. The van der Waals surface area contributed by atoms with Crippen LogP contribution >= 0.6 is 27.7 Å². The molecule has 1 aliphatic rings. The average Bonchev–Trinajstić information content (AvgIpc) is 3.27. The lowest BCUT2D eigenvalue weighted by Gasteiger charge is -2.28. The maximum atomic E-state index is 12.8. The molecule has 2 aromatic carbocycles. The lowest BCUT2D eigenvalue weighted by molar-refractivity contribution is -0.136. The zero-order valence-electron chi connectivity index (χ0n) is 20.0. The molecule has 1 aromatic heterocycles. The summed E-state index contributed by atoms with van der Waals surface area (Å²) in [4.78, 5) is 17.4. The number of allylic oxidation sites excluding steroid dienone is 1. The van der Waals surface area contributed by atoms with Gasteiger partial charge in [0.05, 0.1) is 19.8 Å². The lowest BCUT2D eigenvalue weighted by Crippen LogP contribution is -2.29. The summed E-state index contributed by atoms with van der Waals surface area (Å²) < 4.78 is 19.5. The molecule has 0 fully saturated rings. The number of hydrogen-bond donors (Lipinski definition) is 1. The van der Waals surface area contributed by atoms with Crippen LogP contribution in [0.3, 0.4) is 0 Å². The molecule has 0 saturated carbocycles. The fraction of sp³-hybridized carbons (Fsp3) is 0.320. The SMILES string of the molecule is CCCSc1nc2n(n1)C(c1ccc(OCc3cccc(Br)c3)c(OC)c1)C(C(=O)OC)=C(C)N2. The molecule has 0 radical (unpaired) electrons. The molecule has 1 unspecified atom stereocenters. The first-order valence-corrected chi connectivity index (χ1v) is 12.9. The molecule has 3 aromatic rings. The van der Waals surface area contributed by atoms with Gasteiger partial charge in [-0.05, 0) is 48.7 Å². The highest BCUT2D eigenvalue weighted by Gasteiger charge is 2.35. The molecule has 8 nitrogen and oxygen atoms in total. The standard InChI is InChI=1S/C25H27BrN4O4S/c1-5-11-35-25-28-24-27-15(2)21(23(31)33-4)22(30(24)29-25)17-9-10-19(20(13-17)32-3)34-14-16-7-6-8-18(26)12-16/h6-10,12-13,22H,5,11,14H2,1-4H3,(H,27,28,29). The number of esters is 1. The van der Waals surface area contributed by atoms with Gasteiger partial charge < -0.3 is 19.5 Å². The Bertz CT molecular complexity index is 1260. The van der Waals surface area contributed by atoms with Crippen molar-refractivity contribution in [2.45, 2.75) is 38.1 Å². The van der Waals surface area contributed by atoms with Crippen LogP contribution in [0.1, 0.15) is 37.4 Å². The van der Waals surface area contributed by atoms with Crippen molar-refractivity contribution in [1.29, 1.82) is 0 Å². The molecule has 184 valence electrons. The number of nitrogens with zero attached hydrogens (tertiary/aromatic N) is 3. The van der Waals surface area contributed by atoms with Crippen molar-refractivity contribution in [3.05, 3.63) is 69.3 Å². The number of benzene rings is 2. The maximum absolute atomic E-state index is 12.8. The van der Waals surface area contributed by atoms with E-state index < -0.39 is 12.0 Å². The van der Waals surface area contributed by atoms with Crippen LogP contribution in [0.25, 0.3) is 0 Å². The number of carbonyl (C=O) groups is 1. The van der Waals surface area contributed by atoms with E-state index in [4.69, 9.17) is 19.3 Å². The largest absolute Gasteiger partial charge is 0.493 e. The predicted molar refractivity (Wildman–Crippen MR) is 139 cm³/mol. The second kappa shape index (κ2) is 11.2. The van der Waals surface area contributed by atoms with Crippen LogP contribution in [0.2, 0.25) is 0 Å². The van der Waals surface area contributed by atoms with Crippen molar-refractivity contribution in [3.63, 3.8) is 0 Å². The molecule has 10 heteroatoms. The molecule has 1 atom stereocenters. The van der Waals surface area contributed by atoms with Crippen molar-refractivity contribution in [3.8, 4) is 11.5 Å². The number of anilines is 1. The number of fused-ring (bicyclic) bond motifs is 1. The van der Waals surface area contributed by atoms with Gasteiger partial charge in [-0.3, -0.25) is 0 Å². The first-order chi connectivity index (χ1) is 16.9. The number of carbonyl (C=O) groups excluding carboxylic acids is 1. The Morgan fingerprint density at radius 1 is 1.20 bits per heavy atom. The smallest absolute Gasteiger partial charge is 0.338 e. The molecule has 1 aliphatic heterocycles. The third kappa shape index (κ3) is 5.48. The van der Waals surface area contributed by atoms with Crippen molar-refractivity contribution >= 4 is 39.6 Å². The molecule has 4 rings (SSSR count). The summed E-state index contributed by atoms with van der Waals surface area (Å²) >= 11 is 5.06. The zero-order chi connectivity index (χ0) is 24.9. The van der Waals surface area contributed by atoms with Gasteiger partial charge >= 0.3 is 5.97 Å². The summed E-state index contributed by atoms with van der Waals surface area (Å²) in [5.41, 5.74) is 2.96. The van der Waals surface area contributed by atoms with Gasteiger partial charge in [0.15, 0.2) is 11.5 Å². The molecule has 0 spiro atoms. The van der Waals surface area contributed by atoms with Crippen LogP contribution in [-0.4, -0.2) is 40.7 Å². The van der Waals surface area contributed by atoms with Crippen LogP contribution < -0.4 is 14.8 Å². The molecule has 1 N–H and O–H groups in total. The normalized spacial score (nSPS) is 14.8. The van der Waals surface area contributed by atoms with E-state index in [1.807, 2.05) is 49.4 Å². The van der Waals surface area contributed by atoms with Crippen LogP contribution in [-0.2, 0) is 16.1 Å². The summed E-state index contributed by atoms with van der Waals surface area (Å²) in [5.74, 6) is 2.21. The van der Waals surface area contributed by atoms with Crippen LogP contribution in [0, 0.1) is 0 Å². The molecule has 0 amide bonds. The summed E-state index contributed by atoms with van der Waals surface area (Å²) in [7, 11) is 2.97. The van der Waals surface area contributed by atoms with E-state index in [2.05, 4.69) is 33.2 Å². The predicted octanol–water partition coefficient (Wildman–Crippen LogP) is 5.59. The molecule has 35 heavy (non-hydrogen) atoms. The minimum Gasteiger partial charge on any atom is -0.493 e. The van der Waals surface area contributed by atoms with Crippen LogP contribution in [0.15, 0.2) is 63.4 Å². The number of ether oxygens (including phenoxy) is 3. The van der Waals surface area contributed by atoms with Crippen LogP contribution in [0.4, 0.5) is 5.95 Å². The van der Waals surface area contributed by atoms with E-state index in [-0.39, 0.29) is 0 Å². The Morgan fingerprint density at radius 3 is 2.74 bits per heavy atom. The lowest BCUT2D eigenvalue weighted by atomic mass is 9.95. The number of aromatic nitrogens is 3. The van der Waals surface area contributed by atoms with Gasteiger partial charge in [0.1, 0.15) is 12.6 Å². The van der Waals surface area contributed by atoms with Gasteiger partial charge in [-0.15, -0.1) is 5.10 Å². The Morgan fingerprint density at radius 2 is 2.03 bits per heavy atom. The Labute approximate surface area is 217 Å².